The molecule has 0 N–H and O–H groups in total. The topological polar surface area (TPSA) is 190 Å². The molecule has 0 rings (SSSR count). The van der Waals surface area contributed by atoms with E-state index in [2.05, 4.69) is 0 Å². The molecule has 9 heteroatoms. The van der Waals surface area contributed by atoms with E-state index >= 15 is 0 Å². The Labute approximate surface area is 89.2 Å². The van der Waals surface area contributed by atoms with Gasteiger partial charge in [-0.15, -0.1) is 0 Å². The van der Waals surface area contributed by atoms with Crippen LogP contribution in [0.3, 0.4) is 0 Å². The van der Waals surface area contributed by atoms with Crippen LogP contribution in [0.5, 0.6) is 0 Å². The summed E-state index contributed by atoms with van der Waals surface area (Å²) >= 11 is 0. The van der Waals surface area contributed by atoms with Crippen molar-refractivity contribution < 1.29 is 10.7 Å². The standard InChI is InChI=1S/8CN.Re/c8*1-2;. The summed E-state index contributed by atoms with van der Waals surface area (Å²) in [6.45, 7) is 0. The third-order valence-corrected chi connectivity index (χ3v) is 19.4. The molecule has 0 aliphatic carbocycles. The normalized spacial score (nSPS) is 17.4. The second kappa shape index (κ2) is 1.59. The van der Waals surface area contributed by atoms with Crippen molar-refractivity contribution in [3.05, 3.63) is 0 Å². The Morgan fingerprint density at radius 3 is 0.471 bits per heavy atom. The van der Waals surface area contributed by atoms with E-state index in [4.69, 9.17) is 42.1 Å². The molecule has 0 atom stereocenters. The molecule has 0 fully saturated rings. The van der Waals surface area contributed by atoms with Crippen molar-refractivity contribution in [2.75, 3.05) is 0 Å². The maximum atomic E-state index is 9.05. The SMILES string of the molecule is N#[C][Re]([C]#N)([C]#N)([C]#N)([C]#N)([C]#N)([C]#N)[C]#N. The molecule has 0 amide bonds. The summed E-state index contributed by atoms with van der Waals surface area (Å²) in [5, 5.41) is 72.4. The summed E-state index contributed by atoms with van der Waals surface area (Å²) in [7, 11) is -9.47. The van der Waals surface area contributed by atoms with E-state index in [1.165, 1.54) is 0 Å². The zero-order valence-corrected chi connectivity index (χ0v) is 10.7. The molecule has 0 aliphatic rings. The molecule has 17 heavy (non-hydrogen) atoms. The molecule has 0 aromatic heterocycles. The molecule has 0 bridgehead atoms. The molecule has 0 aliphatic heterocycles. The summed E-state index contributed by atoms with van der Waals surface area (Å²) in [6, 6.07) is 0. The molecular weight excluding hydrogens is 394 g/mol. The van der Waals surface area contributed by atoms with Crippen molar-refractivity contribution in [3.8, 4) is 36.3 Å². The first kappa shape index (κ1) is 13.6. The molecule has 0 aromatic carbocycles. The zero-order chi connectivity index (χ0) is 14.0. The van der Waals surface area contributed by atoms with E-state index in [-0.39, 0.29) is 0 Å². The van der Waals surface area contributed by atoms with Gasteiger partial charge in [0.1, 0.15) is 0 Å². The van der Waals surface area contributed by atoms with Crippen LogP contribution in [0.2, 0.25) is 0 Å². The number of nitriles is 8. The molecule has 8 nitrogen and oxygen atoms in total. The first-order chi connectivity index (χ1) is 7.66. The Morgan fingerprint density at radius 1 is 0.353 bits per heavy atom. The van der Waals surface area contributed by atoms with Gasteiger partial charge in [0.05, 0.1) is 0 Å². The molecule has 0 saturated carbocycles. The Hall–Kier alpha value is -3.42. The summed E-state index contributed by atoms with van der Waals surface area (Å²) in [5.41, 5.74) is 0. The van der Waals surface area contributed by atoms with Gasteiger partial charge >= 0.3 is 89.1 Å². The van der Waals surface area contributed by atoms with Gasteiger partial charge in [-0.1, -0.05) is 0 Å². The van der Waals surface area contributed by atoms with E-state index in [0.29, 0.717) is 36.3 Å². The van der Waals surface area contributed by atoms with E-state index in [1.54, 1.807) is 0 Å². The molecule has 79 valence electrons. The number of nitrogens with zero attached hydrogens (tertiary/aromatic N) is 8. The van der Waals surface area contributed by atoms with Gasteiger partial charge in [0.15, 0.2) is 0 Å². The molecule has 0 radical (unpaired) electrons. The van der Waals surface area contributed by atoms with E-state index in [9.17, 15) is 0 Å². The molecule has 0 unspecified atom stereocenters. The summed E-state index contributed by atoms with van der Waals surface area (Å²) < 4.78 is 5.31. The van der Waals surface area contributed by atoms with Gasteiger partial charge in [0.25, 0.3) is 0 Å². The Kier molecular flexibility index (Phi) is 1.27. The van der Waals surface area contributed by atoms with E-state index in [1.807, 2.05) is 0 Å². The fourth-order valence-electron chi connectivity index (χ4n) is 0.529. The zero-order valence-electron chi connectivity index (χ0n) is 7.96. The van der Waals surface area contributed by atoms with Gasteiger partial charge in [-0.05, 0) is 0 Å². The van der Waals surface area contributed by atoms with Crippen molar-refractivity contribution in [1.82, 2.24) is 0 Å². The summed E-state index contributed by atoms with van der Waals surface area (Å²) in [4.78, 5) is 0. The summed E-state index contributed by atoms with van der Waals surface area (Å²) in [6.07, 6.45) is 0. The van der Waals surface area contributed by atoms with Gasteiger partial charge in [-0.25, -0.2) is 0 Å². The predicted octanol–water partition coefficient (Wildman–Crippen LogP) is 0.132. The minimum absolute atomic E-state index is 0.663. The second-order valence-electron chi connectivity index (χ2n) is 3.32. The average Bonchev–Trinajstić information content (AvgIpc) is 2.48. The van der Waals surface area contributed by atoms with E-state index in [0.717, 1.165) is 0 Å². The van der Waals surface area contributed by atoms with Crippen LogP contribution in [-0.2, 0) is 10.7 Å². The first-order valence-electron chi connectivity index (χ1n) is 3.30. The van der Waals surface area contributed by atoms with Gasteiger partial charge in [-0.3, -0.25) is 0 Å². The molecule has 0 aromatic rings. The average molecular weight is 394 g/mol. The third-order valence-electron chi connectivity index (χ3n) is 2.37. The first-order valence-corrected chi connectivity index (χ1v) is 14.2. The van der Waals surface area contributed by atoms with E-state index < -0.39 is 10.7 Å². The van der Waals surface area contributed by atoms with Crippen molar-refractivity contribution in [3.63, 3.8) is 0 Å². The van der Waals surface area contributed by atoms with Gasteiger partial charge in [0, 0.05) is 0 Å². The fraction of sp³-hybridized carbons (Fsp3) is 0. The van der Waals surface area contributed by atoms with Crippen molar-refractivity contribution >= 4 is 0 Å². The van der Waals surface area contributed by atoms with Crippen LogP contribution in [0.25, 0.3) is 0 Å². The van der Waals surface area contributed by atoms with Crippen molar-refractivity contribution in [2.45, 2.75) is 0 Å². The van der Waals surface area contributed by atoms with Crippen LogP contribution in [0, 0.1) is 78.4 Å². The molecule has 0 spiro atoms. The Bertz CT molecular complexity index is 616. The predicted molar refractivity (Wildman–Crippen MR) is 44.9 cm³/mol. The van der Waals surface area contributed by atoms with Crippen molar-refractivity contribution in [1.29, 1.82) is 42.1 Å². The number of hydrogen-bond donors (Lipinski definition) is 0. The van der Waals surface area contributed by atoms with Crippen LogP contribution in [0.4, 0.5) is 0 Å². The maximum absolute atomic E-state index is 9.47. The van der Waals surface area contributed by atoms with Gasteiger partial charge < -0.3 is 0 Å². The van der Waals surface area contributed by atoms with Gasteiger partial charge in [-0.2, -0.15) is 0 Å². The van der Waals surface area contributed by atoms with Crippen LogP contribution in [-0.4, -0.2) is 0 Å². The van der Waals surface area contributed by atoms with Crippen LogP contribution >= 0.6 is 0 Å². The monoisotopic (exact) mass is 395 g/mol. The number of hydrogen-bond acceptors (Lipinski definition) is 8. The Morgan fingerprint density at radius 2 is 0.471 bits per heavy atom. The molecule has 0 heterocycles. The van der Waals surface area contributed by atoms with Crippen molar-refractivity contribution in [2.24, 2.45) is 0 Å². The third kappa shape index (κ3) is 0.510. The molecular formula is C8N8Re. The minimum atomic E-state index is -9.47. The van der Waals surface area contributed by atoms with Gasteiger partial charge in [0.2, 0.25) is 0 Å². The quantitative estimate of drug-likeness (QED) is 0.553. The fourth-order valence-corrected chi connectivity index (χ4v) is 4.33. The van der Waals surface area contributed by atoms with Crippen LogP contribution in [0.15, 0.2) is 0 Å². The number of rotatable bonds is 0. The summed E-state index contributed by atoms with van der Waals surface area (Å²) in [5.74, 6) is 0. The van der Waals surface area contributed by atoms with Crippen LogP contribution < -0.4 is 0 Å². The van der Waals surface area contributed by atoms with Crippen LogP contribution in [0.1, 0.15) is 0 Å². The second-order valence-corrected chi connectivity index (χ2v) is 27.2. The molecule has 0 saturated heterocycles. The Balaban J connectivity index is 9.02.